The Balaban J connectivity index is 1.76. The van der Waals surface area contributed by atoms with Crippen molar-refractivity contribution in [3.63, 3.8) is 0 Å². The fourth-order valence-corrected chi connectivity index (χ4v) is 3.06. The van der Waals surface area contributed by atoms with Crippen LogP contribution in [0.25, 0.3) is 0 Å². The quantitative estimate of drug-likeness (QED) is 0.784. The molecule has 1 aromatic heterocycles. The van der Waals surface area contributed by atoms with E-state index in [1.54, 1.807) is 19.4 Å². The number of benzene rings is 1. The van der Waals surface area contributed by atoms with Gasteiger partial charge in [0.15, 0.2) is 0 Å². The first-order chi connectivity index (χ1) is 12.7. The second-order valence-electron chi connectivity index (χ2n) is 6.11. The molecule has 0 radical (unpaired) electrons. The van der Waals surface area contributed by atoms with E-state index in [2.05, 4.69) is 27.3 Å². The molecule has 1 atom stereocenters. The number of methoxy groups -OCH3 is 1. The zero-order chi connectivity index (χ0) is 18.4. The van der Waals surface area contributed by atoms with E-state index in [0.717, 1.165) is 37.7 Å². The average Bonchev–Trinajstić information content (AvgIpc) is 2.69. The van der Waals surface area contributed by atoms with Gasteiger partial charge in [-0.1, -0.05) is 12.1 Å². The molecular formula is C19H24N4O3. The number of nitrogens with two attached hydrogens (primary N) is 1. The molecule has 2 aromatic rings. The Morgan fingerprint density at radius 1 is 1.31 bits per heavy atom. The minimum absolute atomic E-state index is 0.176. The minimum atomic E-state index is -0.534. The fraction of sp³-hybridized carbons (Fsp3) is 0.368. The predicted molar refractivity (Wildman–Crippen MR) is 99.4 cm³/mol. The Labute approximate surface area is 153 Å². The van der Waals surface area contributed by atoms with Crippen molar-refractivity contribution >= 4 is 11.6 Å². The van der Waals surface area contributed by atoms with E-state index in [-0.39, 0.29) is 11.7 Å². The molecular weight excluding hydrogens is 332 g/mol. The van der Waals surface area contributed by atoms with Crippen molar-refractivity contribution in [3.8, 4) is 5.75 Å². The summed E-state index contributed by atoms with van der Waals surface area (Å²) in [6, 6.07) is 11.8. The monoisotopic (exact) mass is 356 g/mol. The third-order valence-corrected chi connectivity index (χ3v) is 4.50. The summed E-state index contributed by atoms with van der Waals surface area (Å²) in [6.45, 7) is 3.90. The van der Waals surface area contributed by atoms with Gasteiger partial charge in [0.05, 0.1) is 26.4 Å². The zero-order valence-corrected chi connectivity index (χ0v) is 14.9. The first kappa shape index (κ1) is 18.2. The lowest BCUT2D eigenvalue weighted by Crippen LogP contribution is -2.41. The van der Waals surface area contributed by atoms with E-state index in [4.69, 9.17) is 15.2 Å². The summed E-state index contributed by atoms with van der Waals surface area (Å²) in [5.74, 6) is 0.302. The highest BCUT2D eigenvalue weighted by atomic mass is 16.5. The number of pyridine rings is 1. The standard InChI is InChI=1S/C19H24N4O3/c1-25-16-4-2-14(3-5-16)18(23-8-10-26-11-9-23)13-22-15-6-7-21-17(12-15)19(20)24/h2-7,12,18H,8-11,13H2,1H3,(H2,20,24)(H,21,22). The number of carbonyl (C=O) groups excluding carboxylic acids is 1. The maximum atomic E-state index is 11.3. The predicted octanol–water partition coefficient (Wildman–Crippen LogP) is 1.67. The highest BCUT2D eigenvalue weighted by Gasteiger charge is 2.22. The van der Waals surface area contributed by atoms with Gasteiger partial charge in [0.1, 0.15) is 11.4 Å². The summed E-state index contributed by atoms with van der Waals surface area (Å²) in [6.07, 6.45) is 1.58. The van der Waals surface area contributed by atoms with Gasteiger partial charge >= 0.3 is 0 Å². The Kier molecular flexibility index (Phi) is 6.04. The number of hydrogen-bond acceptors (Lipinski definition) is 6. The highest BCUT2D eigenvalue weighted by Crippen LogP contribution is 2.25. The highest BCUT2D eigenvalue weighted by molar-refractivity contribution is 5.91. The molecule has 1 amide bonds. The van der Waals surface area contributed by atoms with Gasteiger partial charge in [-0.2, -0.15) is 0 Å². The van der Waals surface area contributed by atoms with Gasteiger partial charge in [0.2, 0.25) is 0 Å². The second kappa shape index (κ2) is 8.64. The van der Waals surface area contributed by atoms with Crippen LogP contribution in [0.3, 0.4) is 0 Å². The van der Waals surface area contributed by atoms with E-state index < -0.39 is 5.91 Å². The molecule has 3 N–H and O–H groups in total. The summed E-state index contributed by atoms with van der Waals surface area (Å²) in [4.78, 5) is 17.7. The number of morpholine rings is 1. The van der Waals surface area contributed by atoms with Crippen molar-refractivity contribution in [2.45, 2.75) is 6.04 Å². The third kappa shape index (κ3) is 4.50. The molecule has 0 aliphatic carbocycles. The first-order valence-electron chi connectivity index (χ1n) is 8.63. The van der Waals surface area contributed by atoms with Crippen molar-refractivity contribution in [1.29, 1.82) is 0 Å². The molecule has 1 fully saturated rings. The third-order valence-electron chi connectivity index (χ3n) is 4.50. The lowest BCUT2D eigenvalue weighted by atomic mass is 10.0. The van der Waals surface area contributed by atoms with Crippen LogP contribution in [0.4, 0.5) is 5.69 Å². The number of rotatable bonds is 7. The normalized spacial score (nSPS) is 16.0. The molecule has 26 heavy (non-hydrogen) atoms. The molecule has 0 saturated carbocycles. The van der Waals surface area contributed by atoms with Crippen molar-refractivity contribution in [2.75, 3.05) is 45.3 Å². The molecule has 7 nitrogen and oxygen atoms in total. The number of nitrogens with one attached hydrogen (secondary N) is 1. The molecule has 0 spiro atoms. The summed E-state index contributed by atoms with van der Waals surface area (Å²) >= 11 is 0. The van der Waals surface area contributed by atoms with Crippen LogP contribution in [0, 0.1) is 0 Å². The van der Waals surface area contributed by atoms with Crippen LogP contribution >= 0.6 is 0 Å². The maximum Gasteiger partial charge on any atom is 0.267 e. The summed E-state index contributed by atoms with van der Waals surface area (Å²) in [5, 5.41) is 3.40. The number of aromatic nitrogens is 1. The first-order valence-corrected chi connectivity index (χ1v) is 8.63. The Morgan fingerprint density at radius 2 is 2.04 bits per heavy atom. The van der Waals surface area contributed by atoms with Gasteiger partial charge in [-0.15, -0.1) is 0 Å². The average molecular weight is 356 g/mol. The molecule has 1 aliphatic heterocycles. The smallest absolute Gasteiger partial charge is 0.267 e. The summed E-state index contributed by atoms with van der Waals surface area (Å²) in [7, 11) is 1.66. The molecule has 3 rings (SSSR count). The largest absolute Gasteiger partial charge is 0.497 e. The van der Waals surface area contributed by atoms with E-state index in [0.29, 0.717) is 6.54 Å². The van der Waals surface area contributed by atoms with Crippen LogP contribution < -0.4 is 15.8 Å². The van der Waals surface area contributed by atoms with Gasteiger partial charge in [-0.3, -0.25) is 14.7 Å². The maximum absolute atomic E-state index is 11.3. The SMILES string of the molecule is COc1ccc(C(CNc2ccnc(C(N)=O)c2)N2CCOCC2)cc1. The molecule has 1 saturated heterocycles. The molecule has 7 heteroatoms. The number of nitrogens with zero attached hydrogens (tertiary/aromatic N) is 2. The minimum Gasteiger partial charge on any atom is -0.497 e. The number of primary amides is 1. The molecule has 1 unspecified atom stereocenters. The molecule has 138 valence electrons. The Hall–Kier alpha value is -2.64. The topological polar surface area (TPSA) is 89.7 Å². The van der Waals surface area contributed by atoms with Crippen molar-refractivity contribution in [3.05, 3.63) is 53.9 Å². The van der Waals surface area contributed by atoms with Crippen LogP contribution in [-0.4, -0.2) is 55.7 Å². The summed E-state index contributed by atoms with van der Waals surface area (Å²) in [5.41, 5.74) is 7.58. The molecule has 0 bridgehead atoms. The van der Waals surface area contributed by atoms with Crippen molar-refractivity contribution < 1.29 is 14.3 Å². The van der Waals surface area contributed by atoms with Gasteiger partial charge in [-0.25, -0.2) is 0 Å². The van der Waals surface area contributed by atoms with E-state index in [1.165, 1.54) is 5.56 Å². The zero-order valence-electron chi connectivity index (χ0n) is 14.9. The number of hydrogen-bond donors (Lipinski definition) is 2. The van der Waals surface area contributed by atoms with Gasteiger partial charge in [0, 0.05) is 31.5 Å². The number of carbonyl (C=O) groups is 1. The van der Waals surface area contributed by atoms with Crippen LogP contribution in [-0.2, 0) is 4.74 Å². The Bertz CT molecular complexity index is 730. The van der Waals surface area contributed by atoms with Crippen molar-refractivity contribution in [2.24, 2.45) is 5.73 Å². The van der Waals surface area contributed by atoms with E-state index in [1.807, 2.05) is 18.2 Å². The van der Waals surface area contributed by atoms with E-state index >= 15 is 0 Å². The number of ether oxygens (including phenoxy) is 2. The second-order valence-corrected chi connectivity index (χ2v) is 6.11. The van der Waals surface area contributed by atoms with Gasteiger partial charge < -0.3 is 20.5 Å². The van der Waals surface area contributed by atoms with E-state index in [9.17, 15) is 4.79 Å². The van der Waals surface area contributed by atoms with Crippen molar-refractivity contribution in [1.82, 2.24) is 9.88 Å². The lowest BCUT2D eigenvalue weighted by molar-refractivity contribution is 0.0187. The van der Waals surface area contributed by atoms with Crippen LogP contribution in [0.2, 0.25) is 0 Å². The van der Waals surface area contributed by atoms with Crippen LogP contribution in [0.15, 0.2) is 42.6 Å². The summed E-state index contributed by atoms with van der Waals surface area (Å²) < 4.78 is 10.7. The fourth-order valence-electron chi connectivity index (χ4n) is 3.06. The lowest BCUT2D eigenvalue weighted by Gasteiger charge is -2.35. The molecule has 1 aliphatic rings. The van der Waals surface area contributed by atoms with Gasteiger partial charge in [-0.05, 0) is 29.8 Å². The van der Waals surface area contributed by atoms with Crippen LogP contribution in [0.5, 0.6) is 5.75 Å². The van der Waals surface area contributed by atoms with Crippen LogP contribution in [0.1, 0.15) is 22.1 Å². The number of amides is 1. The van der Waals surface area contributed by atoms with Gasteiger partial charge in [0.25, 0.3) is 5.91 Å². The Morgan fingerprint density at radius 3 is 2.69 bits per heavy atom. The molecule has 1 aromatic carbocycles. The molecule has 2 heterocycles. The number of anilines is 1.